The van der Waals surface area contributed by atoms with Crippen LogP contribution in [0.1, 0.15) is 45.4 Å². The van der Waals surface area contributed by atoms with E-state index < -0.39 is 0 Å². The van der Waals surface area contributed by atoms with Crippen molar-refractivity contribution in [2.24, 2.45) is 5.92 Å². The van der Waals surface area contributed by atoms with Crippen LogP contribution < -0.4 is 5.32 Å². The SMILES string of the molecule is Cc1ccc([C@@H]2OCCC[C@@H]2CNC(=O)c2scnc2C)cc1. The number of nitrogens with one attached hydrogen (secondary N) is 1. The Morgan fingerprint density at radius 1 is 1.35 bits per heavy atom. The van der Waals surface area contributed by atoms with E-state index in [9.17, 15) is 4.79 Å². The van der Waals surface area contributed by atoms with E-state index in [1.54, 1.807) is 5.51 Å². The fourth-order valence-electron chi connectivity index (χ4n) is 3.00. The molecule has 3 rings (SSSR count). The molecule has 1 N–H and O–H groups in total. The van der Waals surface area contributed by atoms with Gasteiger partial charge in [-0.25, -0.2) is 4.98 Å². The fraction of sp³-hybridized carbons (Fsp3) is 0.444. The topological polar surface area (TPSA) is 51.2 Å². The van der Waals surface area contributed by atoms with E-state index in [1.165, 1.54) is 22.5 Å². The van der Waals surface area contributed by atoms with Gasteiger partial charge in [-0.2, -0.15) is 0 Å². The number of aryl methyl sites for hydroxylation is 2. The molecular weight excluding hydrogens is 308 g/mol. The molecule has 23 heavy (non-hydrogen) atoms. The van der Waals surface area contributed by atoms with Gasteiger partial charge in [-0.3, -0.25) is 4.79 Å². The van der Waals surface area contributed by atoms with Gasteiger partial charge in [0.1, 0.15) is 4.88 Å². The third-order valence-electron chi connectivity index (χ3n) is 4.33. The van der Waals surface area contributed by atoms with E-state index in [2.05, 4.69) is 41.5 Å². The summed E-state index contributed by atoms with van der Waals surface area (Å²) in [6.45, 7) is 5.37. The summed E-state index contributed by atoms with van der Waals surface area (Å²) in [5, 5.41) is 3.06. The number of aromatic nitrogens is 1. The van der Waals surface area contributed by atoms with Crippen molar-refractivity contribution in [1.82, 2.24) is 10.3 Å². The van der Waals surface area contributed by atoms with Gasteiger partial charge in [0.25, 0.3) is 5.91 Å². The Balaban J connectivity index is 1.66. The lowest BCUT2D eigenvalue weighted by Crippen LogP contribution is -2.35. The third-order valence-corrected chi connectivity index (χ3v) is 5.25. The van der Waals surface area contributed by atoms with E-state index in [0.717, 1.165) is 25.1 Å². The van der Waals surface area contributed by atoms with Crippen molar-refractivity contribution in [3.8, 4) is 0 Å². The fourth-order valence-corrected chi connectivity index (χ4v) is 3.72. The molecule has 2 aromatic rings. The van der Waals surface area contributed by atoms with Crippen molar-refractivity contribution in [3.05, 3.63) is 51.5 Å². The van der Waals surface area contributed by atoms with Crippen LogP contribution in [0, 0.1) is 19.8 Å². The van der Waals surface area contributed by atoms with Gasteiger partial charge >= 0.3 is 0 Å². The summed E-state index contributed by atoms with van der Waals surface area (Å²) in [5.74, 6) is 0.280. The van der Waals surface area contributed by atoms with Crippen LogP contribution in [-0.4, -0.2) is 24.0 Å². The van der Waals surface area contributed by atoms with Crippen LogP contribution in [0.3, 0.4) is 0 Å². The predicted octanol–water partition coefficient (Wildman–Crippen LogP) is 3.66. The first kappa shape index (κ1) is 16.1. The molecule has 0 unspecified atom stereocenters. The molecular formula is C18H22N2O2S. The number of amides is 1. The lowest BCUT2D eigenvalue weighted by molar-refractivity contribution is -0.0272. The number of nitrogens with zero attached hydrogens (tertiary/aromatic N) is 1. The molecule has 122 valence electrons. The lowest BCUT2D eigenvalue weighted by atomic mass is 9.89. The van der Waals surface area contributed by atoms with E-state index in [-0.39, 0.29) is 12.0 Å². The van der Waals surface area contributed by atoms with Gasteiger partial charge in [0.05, 0.1) is 17.3 Å². The molecule has 0 bridgehead atoms. The molecule has 0 radical (unpaired) electrons. The summed E-state index contributed by atoms with van der Waals surface area (Å²) >= 11 is 1.39. The number of benzene rings is 1. The molecule has 1 amide bonds. The quantitative estimate of drug-likeness (QED) is 0.931. The van der Waals surface area contributed by atoms with Gasteiger partial charge in [-0.15, -0.1) is 11.3 Å². The minimum Gasteiger partial charge on any atom is -0.373 e. The van der Waals surface area contributed by atoms with Crippen LogP contribution in [0.5, 0.6) is 0 Å². The minimum absolute atomic E-state index is 0.0294. The van der Waals surface area contributed by atoms with Gasteiger partial charge in [-0.1, -0.05) is 29.8 Å². The van der Waals surface area contributed by atoms with Crippen LogP contribution in [-0.2, 0) is 4.74 Å². The zero-order valence-corrected chi connectivity index (χ0v) is 14.4. The molecule has 1 fully saturated rings. The summed E-state index contributed by atoms with van der Waals surface area (Å²) in [5.41, 5.74) is 4.95. The molecule has 0 saturated carbocycles. The Hall–Kier alpha value is -1.72. The zero-order chi connectivity index (χ0) is 16.2. The summed E-state index contributed by atoms with van der Waals surface area (Å²) < 4.78 is 6.00. The van der Waals surface area contributed by atoms with Crippen molar-refractivity contribution in [2.75, 3.05) is 13.2 Å². The van der Waals surface area contributed by atoms with Crippen molar-refractivity contribution >= 4 is 17.2 Å². The van der Waals surface area contributed by atoms with Crippen LogP contribution >= 0.6 is 11.3 Å². The van der Waals surface area contributed by atoms with E-state index in [1.807, 2.05) is 6.92 Å². The average Bonchev–Trinajstić information content (AvgIpc) is 3.00. The molecule has 2 heterocycles. The second kappa shape index (κ2) is 7.23. The summed E-state index contributed by atoms with van der Waals surface area (Å²) in [6.07, 6.45) is 2.18. The van der Waals surface area contributed by atoms with E-state index in [0.29, 0.717) is 17.3 Å². The summed E-state index contributed by atoms with van der Waals surface area (Å²) in [4.78, 5) is 17.1. The Morgan fingerprint density at radius 3 is 2.83 bits per heavy atom. The first-order chi connectivity index (χ1) is 11.1. The molecule has 5 heteroatoms. The van der Waals surface area contributed by atoms with Crippen molar-refractivity contribution < 1.29 is 9.53 Å². The Morgan fingerprint density at radius 2 is 2.13 bits per heavy atom. The van der Waals surface area contributed by atoms with Gasteiger partial charge in [-0.05, 0) is 32.3 Å². The molecule has 1 aliphatic rings. The Labute approximate surface area is 140 Å². The standard InChI is InChI=1S/C18H22N2O2S/c1-12-5-7-14(8-6-12)16-15(4-3-9-22-16)10-19-18(21)17-13(2)20-11-23-17/h5-8,11,15-16H,3-4,9-10H2,1-2H3,(H,19,21)/t15-,16+/m1/s1. The van der Waals surface area contributed by atoms with Crippen molar-refractivity contribution in [1.29, 1.82) is 0 Å². The molecule has 1 saturated heterocycles. The first-order valence-corrected chi connectivity index (χ1v) is 8.89. The summed E-state index contributed by atoms with van der Waals surface area (Å²) in [7, 11) is 0. The number of hydrogen-bond acceptors (Lipinski definition) is 4. The highest BCUT2D eigenvalue weighted by Crippen LogP contribution is 2.33. The minimum atomic E-state index is -0.0294. The van der Waals surface area contributed by atoms with Crippen molar-refractivity contribution in [2.45, 2.75) is 32.8 Å². The number of carbonyl (C=O) groups excluding carboxylic acids is 1. The Kier molecular flexibility index (Phi) is 5.08. The molecule has 1 aromatic heterocycles. The van der Waals surface area contributed by atoms with Gasteiger partial charge in [0, 0.05) is 19.1 Å². The van der Waals surface area contributed by atoms with E-state index in [4.69, 9.17) is 4.74 Å². The maximum atomic E-state index is 12.3. The average molecular weight is 330 g/mol. The number of carbonyl (C=O) groups is 1. The van der Waals surface area contributed by atoms with Crippen LogP contribution in [0.4, 0.5) is 0 Å². The van der Waals surface area contributed by atoms with E-state index >= 15 is 0 Å². The maximum absolute atomic E-state index is 12.3. The van der Waals surface area contributed by atoms with Crippen molar-refractivity contribution in [3.63, 3.8) is 0 Å². The lowest BCUT2D eigenvalue weighted by Gasteiger charge is -2.32. The normalized spacial score (nSPS) is 21.1. The van der Waals surface area contributed by atoms with Crippen LogP contribution in [0.2, 0.25) is 0 Å². The maximum Gasteiger partial charge on any atom is 0.263 e. The third kappa shape index (κ3) is 3.79. The first-order valence-electron chi connectivity index (χ1n) is 8.01. The molecule has 2 atom stereocenters. The zero-order valence-electron chi connectivity index (χ0n) is 13.5. The number of ether oxygens (including phenoxy) is 1. The molecule has 0 aliphatic carbocycles. The molecule has 4 nitrogen and oxygen atoms in total. The van der Waals surface area contributed by atoms with Gasteiger partial charge in [0.15, 0.2) is 0 Å². The number of rotatable bonds is 4. The molecule has 1 aromatic carbocycles. The second-order valence-electron chi connectivity index (χ2n) is 6.08. The smallest absolute Gasteiger partial charge is 0.263 e. The van der Waals surface area contributed by atoms with Gasteiger partial charge < -0.3 is 10.1 Å². The highest BCUT2D eigenvalue weighted by molar-refractivity contribution is 7.11. The molecule has 1 aliphatic heterocycles. The highest BCUT2D eigenvalue weighted by Gasteiger charge is 2.28. The monoisotopic (exact) mass is 330 g/mol. The molecule has 0 spiro atoms. The number of thiazole rings is 1. The number of hydrogen-bond donors (Lipinski definition) is 1. The predicted molar refractivity (Wildman–Crippen MR) is 91.8 cm³/mol. The summed E-state index contributed by atoms with van der Waals surface area (Å²) in [6, 6.07) is 8.49. The van der Waals surface area contributed by atoms with Crippen LogP contribution in [0.15, 0.2) is 29.8 Å². The van der Waals surface area contributed by atoms with Crippen LogP contribution in [0.25, 0.3) is 0 Å². The second-order valence-corrected chi connectivity index (χ2v) is 6.94. The van der Waals surface area contributed by atoms with Gasteiger partial charge in [0.2, 0.25) is 0 Å². The largest absolute Gasteiger partial charge is 0.373 e. The Bertz CT molecular complexity index is 666. The highest BCUT2D eigenvalue weighted by atomic mass is 32.1.